The van der Waals surface area contributed by atoms with E-state index in [0.29, 0.717) is 22.3 Å². The Morgan fingerprint density at radius 3 is 2.79 bits per heavy atom. The standard InChI is InChI=1S/C20H16FN5O2S/c1-12-5-2-3-8-15(12)19-23-16-10-17(27)25-26(16)20(24-19)29-11-18(28)22-14-7-4-6-13(21)9-14/h2-10H,11H2,1H3,(H,22,28)(H,25,27). The number of nitrogens with zero attached hydrogens (tertiary/aromatic N) is 3. The second kappa shape index (κ2) is 7.88. The van der Waals surface area contributed by atoms with E-state index in [1.807, 2.05) is 31.2 Å². The van der Waals surface area contributed by atoms with E-state index < -0.39 is 5.82 Å². The molecule has 0 saturated carbocycles. The summed E-state index contributed by atoms with van der Waals surface area (Å²) < 4.78 is 14.7. The van der Waals surface area contributed by atoms with E-state index in [0.717, 1.165) is 22.9 Å². The zero-order chi connectivity index (χ0) is 20.4. The first-order valence-corrected chi connectivity index (χ1v) is 9.72. The SMILES string of the molecule is Cc1ccccc1-c1nc(SCC(=O)Nc2cccc(F)c2)n2[nH]c(=O)cc2n1. The molecule has 1 amide bonds. The van der Waals surface area contributed by atoms with Gasteiger partial charge in [-0.3, -0.25) is 14.7 Å². The van der Waals surface area contributed by atoms with Crippen molar-refractivity contribution in [1.82, 2.24) is 19.6 Å². The van der Waals surface area contributed by atoms with E-state index in [9.17, 15) is 14.0 Å². The molecule has 0 radical (unpaired) electrons. The molecule has 0 saturated heterocycles. The van der Waals surface area contributed by atoms with Gasteiger partial charge in [0.2, 0.25) is 5.91 Å². The number of fused-ring (bicyclic) bond motifs is 1. The Balaban J connectivity index is 1.61. The topological polar surface area (TPSA) is 92.2 Å². The number of anilines is 1. The minimum absolute atomic E-state index is 0.0239. The fourth-order valence-electron chi connectivity index (χ4n) is 2.82. The van der Waals surface area contributed by atoms with Crippen LogP contribution in [0.15, 0.2) is 64.5 Å². The van der Waals surface area contributed by atoms with Gasteiger partial charge >= 0.3 is 0 Å². The number of aromatic nitrogens is 4. The van der Waals surface area contributed by atoms with Crippen LogP contribution in [0.1, 0.15) is 5.56 Å². The Labute approximate surface area is 169 Å². The third kappa shape index (κ3) is 4.19. The molecule has 29 heavy (non-hydrogen) atoms. The molecule has 2 aromatic carbocycles. The first-order valence-electron chi connectivity index (χ1n) is 8.73. The van der Waals surface area contributed by atoms with E-state index in [1.165, 1.54) is 28.8 Å². The molecule has 146 valence electrons. The van der Waals surface area contributed by atoms with E-state index in [-0.39, 0.29) is 17.2 Å². The van der Waals surface area contributed by atoms with Crippen LogP contribution < -0.4 is 10.9 Å². The average molecular weight is 409 g/mol. The van der Waals surface area contributed by atoms with Crippen LogP contribution in [-0.4, -0.2) is 31.2 Å². The third-order valence-electron chi connectivity index (χ3n) is 4.15. The van der Waals surface area contributed by atoms with Crippen molar-refractivity contribution >= 4 is 29.0 Å². The Morgan fingerprint density at radius 1 is 1.17 bits per heavy atom. The van der Waals surface area contributed by atoms with Gasteiger partial charge in [-0.05, 0) is 30.7 Å². The van der Waals surface area contributed by atoms with Crippen LogP contribution in [0.4, 0.5) is 10.1 Å². The Bertz CT molecular complexity index is 1270. The number of thioether (sulfide) groups is 1. The van der Waals surface area contributed by atoms with Gasteiger partial charge in [0.15, 0.2) is 16.6 Å². The first kappa shape index (κ1) is 18.9. The molecule has 2 N–H and O–H groups in total. The van der Waals surface area contributed by atoms with Crippen LogP contribution in [0.2, 0.25) is 0 Å². The van der Waals surface area contributed by atoms with Crippen LogP contribution in [0.25, 0.3) is 17.0 Å². The number of halogens is 1. The molecule has 2 heterocycles. The highest BCUT2D eigenvalue weighted by Gasteiger charge is 2.14. The van der Waals surface area contributed by atoms with Crippen molar-refractivity contribution in [2.45, 2.75) is 12.1 Å². The van der Waals surface area contributed by atoms with Crippen molar-refractivity contribution in [2.75, 3.05) is 11.1 Å². The van der Waals surface area contributed by atoms with Crippen molar-refractivity contribution in [3.05, 3.63) is 76.3 Å². The molecule has 4 aromatic rings. The molecular weight excluding hydrogens is 393 g/mol. The third-order valence-corrected chi connectivity index (χ3v) is 5.09. The summed E-state index contributed by atoms with van der Waals surface area (Å²) in [5.74, 6) is -0.258. The number of hydrogen-bond acceptors (Lipinski definition) is 5. The summed E-state index contributed by atoms with van der Waals surface area (Å²) in [4.78, 5) is 33.1. The monoisotopic (exact) mass is 409 g/mol. The summed E-state index contributed by atoms with van der Waals surface area (Å²) in [5, 5.41) is 5.69. The second-order valence-electron chi connectivity index (χ2n) is 6.31. The smallest absolute Gasteiger partial charge is 0.266 e. The molecule has 0 aliphatic heterocycles. The molecule has 0 unspecified atom stereocenters. The van der Waals surface area contributed by atoms with Crippen molar-refractivity contribution in [3.63, 3.8) is 0 Å². The molecule has 9 heteroatoms. The zero-order valence-electron chi connectivity index (χ0n) is 15.3. The predicted octanol–water partition coefficient (Wildman–Crippen LogP) is 3.26. The average Bonchev–Trinajstić information content (AvgIpc) is 3.06. The Kier molecular flexibility index (Phi) is 5.13. The number of benzene rings is 2. The molecule has 4 rings (SSSR count). The van der Waals surface area contributed by atoms with Gasteiger partial charge in [-0.2, -0.15) is 0 Å². The number of nitrogens with one attached hydrogen (secondary N) is 2. The van der Waals surface area contributed by atoms with Gasteiger partial charge in [-0.1, -0.05) is 42.1 Å². The Hall–Kier alpha value is -3.46. The van der Waals surface area contributed by atoms with Crippen LogP contribution in [0, 0.1) is 12.7 Å². The summed E-state index contributed by atoms with van der Waals surface area (Å²) in [6, 6.07) is 14.7. The van der Waals surface area contributed by atoms with Crippen molar-refractivity contribution in [1.29, 1.82) is 0 Å². The van der Waals surface area contributed by atoms with Gasteiger partial charge in [-0.25, -0.2) is 18.9 Å². The van der Waals surface area contributed by atoms with Crippen LogP contribution >= 0.6 is 11.8 Å². The number of carbonyl (C=O) groups excluding carboxylic acids is 1. The van der Waals surface area contributed by atoms with Crippen LogP contribution in [0.5, 0.6) is 0 Å². The fourth-order valence-corrected chi connectivity index (χ4v) is 3.57. The lowest BCUT2D eigenvalue weighted by molar-refractivity contribution is -0.113. The number of carbonyl (C=O) groups is 1. The summed E-state index contributed by atoms with van der Waals surface area (Å²) in [6.07, 6.45) is 0. The quantitative estimate of drug-likeness (QED) is 0.494. The van der Waals surface area contributed by atoms with E-state index >= 15 is 0 Å². The summed E-state index contributed by atoms with van der Waals surface area (Å²) >= 11 is 1.15. The van der Waals surface area contributed by atoms with Gasteiger partial charge < -0.3 is 5.32 Å². The fraction of sp³-hybridized carbons (Fsp3) is 0.100. The normalized spacial score (nSPS) is 11.0. The highest BCUT2D eigenvalue weighted by atomic mass is 32.2. The minimum atomic E-state index is -0.430. The highest BCUT2D eigenvalue weighted by molar-refractivity contribution is 7.99. The van der Waals surface area contributed by atoms with Gasteiger partial charge in [0.1, 0.15) is 5.82 Å². The highest BCUT2D eigenvalue weighted by Crippen LogP contribution is 2.24. The van der Waals surface area contributed by atoms with Crippen molar-refractivity contribution in [2.24, 2.45) is 0 Å². The molecule has 0 aliphatic rings. The maximum Gasteiger partial charge on any atom is 0.266 e. The van der Waals surface area contributed by atoms with Gasteiger partial charge in [0.25, 0.3) is 5.56 Å². The summed E-state index contributed by atoms with van der Waals surface area (Å²) in [5.41, 5.74) is 2.31. The Morgan fingerprint density at radius 2 is 2.00 bits per heavy atom. The molecule has 0 atom stereocenters. The largest absolute Gasteiger partial charge is 0.325 e. The minimum Gasteiger partial charge on any atom is -0.325 e. The predicted molar refractivity (Wildman–Crippen MR) is 110 cm³/mol. The lowest BCUT2D eigenvalue weighted by atomic mass is 10.1. The lowest BCUT2D eigenvalue weighted by Crippen LogP contribution is -2.15. The summed E-state index contributed by atoms with van der Waals surface area (Å²) in [7, 11) is 0. The molecule has 0 spiro atoms. The molecule has 2 aromatic heterocycles. The molecule has 7 nitrogen and oxygen atoms in total. The molecule has 0 aliphatic carbocycles. The number of rotatable bonds is 5. The molecule has 0 bridgehead atoms. The summed E-state index contributed by atoms with van der Waals surface area (Å²) in [6.45, 7) is 1.95. The van der Waals surface area contributed by atoms with E-state index in [1.54, 1.807) is 6.07 Å². The number of H-pyrrole nitrogens is 1. The number of aromatic amines is 1. The maximum absolute atomic E-state index is 13.3. The molecular formula is C20H16FN5O2S. The van der Waals surface area contributed by atoms with E-state index in [2.05, 4.69) is 20.4 Å². The zero-order valence-corrected chi connectivity index (χ0v) is 16.2. The number of aryl methyl sites for hydroxylation is 1. The maximum atomic E-state index is 13.3. The lowest BCUT2D eigenvalue weighted by Gasteiger charge is -2.09. The second-order valence-corrected chi connectivity index (χ2v) is 7.25. The van der Waals surface area contributed by atoms with Crippen molar-refractivity contribution in [3.8, 4) is 11.4 Å². The number of amides is 1. The van der Waals surface area contributed by atoms with Crippen LogP contribution in [0.3, 0.4) is 0 Å². The first-order chi connectivity index (χ1) is 14.0. The van der Waals surface area contributed by atoms with Gasteiger partial charge in [0.05, 0.1) is 5.75 Å². The van der Waals surface area contributed by atoms with Crippen LogP contribution in [-0.2, 0) is 4.79 Å². The van der Waals surface area contributed by atoms with Crippen molar-refractivity contribution < 1.29 is 9.18 Å². The van der Waals surface area contributed by atoms with E-state index in [4.69, 9.17) is 0 Å². The van der Waals surface area contributed by atoms with Gasteiger partial charge in [0, 0.05) is 17.3 Å². The van der Waals surface area contributed by atoms with Gasteiger partial charge in [-0.15, -0.1) is 0 Å². The number of hydrogen-bond donors (Lipinski definition) is 2. The molecule has 0 fully saturated rings.